The topological polar surface area (TPSA) is 74.2 Å². The Balaban J connectivity index is 0.00000420. The van der Waals surface area contributed by atoms with Crippen molar-refractivity contribution in [1.82, 2.24) is 15.1 Å². The van der Waals surface area contributed by atoms with Crippen LogP contribution in [0.5, 0.6) is 0 Å². The fourth-order valence-electron chi connectivity index (χ4n) is 3.37. The second-order valence-electron chi connectivity index (χ2n) is 6.81. The molecule has 1 amide bonds. The Morgan fingerprint density at radius 2 is 1.86 bits per heavy atom. The van der Waals surface area contributed by atoms with Crippen molar-refractivity contribution in [2.24, 2.45) is 10.9 Å². The molecule has 7 nitrogen and oxygen atoms in total. The summed E-state index contributed by atoms with van der Waals surface area (Å²) in [5, 5.41) is 3.18. The van der Waals surface area contributed by atoms with Gasteiger partial charge in [0.2, 0.25) is 5.91 Å². The number of piperidine rings is 1. The molecule has 0 aromatic heterocycles. The van der Waals surface area contributed by atoms with Gasteiger partial charge in [-0.3, -0.25) is 14.6 Å². The summed E-state index contributed by atoms with van der Waals surface area (Å²) < 4.78 is 5.12. The first-order valence-electron chi connectivity index (χ1n) is 10.0. The number of likely N-dealkylation sites (tertiary alicyclic amines) is 1. The van der Waals surface area contributed by atoms with Crippen LogP contribution in [0, 0.1) is 5.92 Å². The van der Waals surface area contributed by atoms with Crippen LogP contribution in [0.3, 0.4) is 0 Å². The zero-order valence-electron chi connectivity index (χ0n) is 17.6. The highest BCUT2D eigenvalue weighted by atomic mass is 127. The fraction of sp³-hybridized carbons (Fsp3) is 0.571. The zero-order chi connectivity index (χ0) is 20.4. The molecule has 1 aromatic rings. The molecule has 29 heavy (non-hydrogen) atoms. The number of ether oxygens (including phenoxy) is 1. The van der Waals surface area contributed by atoms with E-state index in [0.717, 1.165) is 31.5 Å². The Morgan fingerprint density at radius 3 is 2.41 bits per heavy atom. The van der Waals surface area contributed by atoms with E-state index >= 15 is 0 Å². The van der Waals surface area contributed by atoms with Crippen LogP contribution in [0.2, 0.25) is 0 Å². The van der Waals surface area contributed by atoms with E-state index in [-0.39, 0.29) is 48.3 Å². The average Bonchev–Trinajstić information content (AvgIpc) is 2.73. The Bertz CT molecular complexity index is 661. The molecule has 1 fully saturated rings. The summed E-state index contributed by atoms with van der Waals surface area (Å²) >= 11 is 0. The standard InChI is InChI=1S/C21H32N4O3.HI/c1-4-24(16-17-9-7-6-8-10-17)19(26)15-23-21(22-3)25-13-11-18(12-14-25)20(27)28-5-2;/h6-10,18H,4-5,11-16H2,1-3H3,(H,22,23);1H. The molecule has 2 rings (SSSR count). The number of hydrogen-bond acceptors (Lipinski definition) is 4. The van der Waals surface area contributed by atoms with Gasteiger partial charge in [-0.1, -0.05) is 30.3 Å². The predicted molar refractivity (Wildman–Crippen MR) is 125 cm³/mol. The van der Waals surface area contributed by atoms with Crippen molar-refractivity contribution in [2.75, 3.05) is 39.8 Å². The molecule has 1 saturated heterocycles. The minimum Gasteiger partial charge on any atom is -0.466 e. The average molecular weight is 516 g/mol. The van der Waals surface area contributed by atoms with Crippen molar-refractivity contribution in [2.45, 2.75) is 33.2 Å². The molecule has 1 N–H and O–H groups in total. The fourth-order valence-corrected chi connectivity index (χ4v) is 3.37. The zero-order valence-corrected chi connectivity index (χ0v) is 19.9. The van der Waals surface area contributed by atoms with Gasteiger partial charge in [-0.25, -0.2) is 0 Å². The summed E-state index contributed by atoms with van der Waals surface area (Å²) in [4.78, 5) is 32.7. The molecule has 0 saturated carbocycles. The van der Waals surface area contributed by atoms with E-state index in [1.807, 2.05) is 49.1 Å². The van der Waals surface area contributed by atoms with Crippen molar-refractivity contribution in [1.29, 1.82) is 0 Å². The number of aliphatic imine (C=N–C) groups is 1. The number of nitrogens with one attached hydrogen (secondary N) is 1. The van der Waals surface area contributed by atoms with Gasteiger partial charge in [0.15, 0.2) is 5.96 Å². The molecule has 0 bridgehead atoms. The molecule has 0 atom stereocenters. The van der Waals surface area contributed by atoms with Gasteiger partial charge < -0.3 is 19.9 Å². The Labute approximate surface area is 190 Å². The molecule has 1 aliphatic heterocycles. The molecular weight excluding hydrogens is 483 g/mol. The third-order valence-electron chi connectivity index (χ3n) is 4.97. The first-order valence-corrected chi connectivity index (χ1v) is 10.0. The van der Waals surface area contributed by atoms with Gasteiger partial charge in [0.05, 0.1) is 19.1 Å². The van der Waals surface area contributed by atoms with Gasteiger partial charge in [-0.15, -0.1) is 24.0 Å². The number of hydrogen-bond donors (Lipinski definition) is 1. The highest BCUT2D eigenvalue weighted by Crippen LogP contribution is 2.18. The second kappa shape index (κ2) is 13.4. The normalized spacial score (nSPS) is 14.7. The third kappa shape index (κ3) is 7.83. The third-order valence-corrected chi connectivity index (χ3v) is 4.97. The Kier molecular flexibility index (Phi) is 11.6. The lowest BCUT2D eigenvalue weighted by atomic mass is 9.97. The predicted octanol–water partition coefficient (Wildman–Crippen LogP) is 2.50. The van der Waals surface area contributed by atoms with E-state index in [0.29, 0.717) is 25.7 Å². The molecule has 0 radical (unpaired) electrons. The van der Waals surface area contributed by atoms with Gasteiger partial charge in [0, 0.05) is 33.2 Å². The second-order valence-corrected chi connectivity index (χ2v) is 6.81. The van der Waals surface area contributed by atoms with Crippen LogP contribution in [0.25, 0.3) is 0 Å². The van der Waals surface area contributed by atoms with E-state index in [1.54, 1.807) is 7.05 Å². The molecule has 0 aliphatic carbocycles. The number of nitrogens with zero attached hydrogens (tertiary/aromatic N) is 3. The lowest BCUT2D eigenvalue weighted by Gasteiger charge is -2.33. The summed E-state index contributed by atoms with van der Waals surface area (Å²) in [6.07, 6.45) is 1.48. The molecule has 8 heteroatoms. The monoisotopic (exact) mass is 516 g/mol. The largest absolute Gasteiger partial charge is 0.466 e. The van der Waals surface area contributed by atoms with E-state index in [2.05, 4.69) is 15.2 Å². The highest BCUT2D eigenvalue weighted by molar-refractivity contribution is 14.0. The van der Waals surface area contributed by atoms with Crippen LogP contribution in [-0.2, 0) is 20.9 Å². The van der Waals surface area contributed by atoms with E-state index < -0.39 is 0 Å². The maximum absolute atomic E-state index is 12.6. The lowest BCUT2D eigenvalue weighted by Crippen LogP contribution is -2.49. The number of likely N-dealkylation sites (N-methyl/N-ethyl adjacent to an activating group) is 1. The van der Waals surface area contributed by atoms with Crippen molar-refractivity contribution in [3.63, 3.8) is 0 Å². The maximum atomic E-state index is 12.6. The molecular formula is C21H33IN4O3. The van der Waals surface area contributed by atoms with Gasteiger partial charge in [-0.2, -0.15) is 0 Å². The van der Waals surface area contributed by atoms with Gasteiger partial charge >= 0.3 is 5.97 Å². The molecule has 0 spiro atoms. The number of halogens is 1. The summed E-state index contributed by atoms with van der Waals surface area (Å²) in [6, 6.07) is 9.98. The van der Waals surface area contributed by atoms with Crippen molar-refractivity contribution < 1.29 is 14.3 Å². The summed E-state index contributed by atoms with van der Waals surface area (Å²) in [6.45, 7) is 7.12. The number of carbonyl (C=O) groups is 2. The molecule has 1 aliphatic rings. The van der Waals surface area contributed by atoms with Crippen LogP contribution in [0.1, 0.15) is 32.3 Å². The molecule has 1 aromatic carbocycles. The number of amides is 1. The lowest BCUT2D eigenvalue weighted by molar-refractivity contribution is -0.149. The van der Waals surface area contributed by atoms with Gasteiger partial charge in [-0.05, 0) is 32.3 Å². The van der Waals surface area contributed by atoms with Crippen LogP contribution in [-0.4, -0.2) is 67.5 Å². The Hall–Kier alpha value is -1.84. The molecule has 1 heterocycles. The Morgan fingerprint density at radius 1 is 1.21 bits per heavy atom. The van der Waals surface area contributed by atoms with Crippen LogP contribution in [0.4, 0.5) is 0 Å². The first kappa shape index (κ1) is 25.2. The number of carbonyl (C=O) groups excluding carboxylic acids is 2. The van der Waals surface area contributed by atoms with Crippen molar-refractivity contribution in [3.05, 3.63) is 35.9 Å². The minimum absolute atomic E-state index is 0. The van der Waals surface area contributed by atoms with Gasteiger partial charge in [0.1, 0.15) is 0 Å². The number of guanidine groups is 1. The maximum Gasteiger partial charge on any atom is 0.309 e. The van der Waals surface area contributed by atoms with Crippen molar-refractivity contribution >= 4 is 41.8 Å². The summed E-state index contributed by atoms with van der Waals surface area (Å²) in [5.41, 5.74) is 1.11. The van der Waals surface area contributed by atoms with Crippen LogP contribution < -0.4 is 5.32 Å². The highest BCUT2D eigenvalue weighted by Gasteiger charge is 2.27. The van der Waals surface area contributed by atoms with E-state index in [9.17, 15) is 9.59 Å². The minimum atomic E-state index is -0.111. The van der Waals surface area contributed by atoms with Crippen LogP contribution in [0.15, 0.2) is 35.3 Å². The first-order chi connectivity index (χ1) is 13.6. The smallest absolute Gasteiger partial charge is 0.309 e. The SMILES string of the molecule is CCOC(=O)C1CCN(C(=NC)NCC(=O)N(CC)Cc2ccccc2)CC1.I. The molecule has 162 valence electrons. The summed E-state index contributed by atoms with van der Waals surface area (Å²) in [7, 11) is 1.71. The van der Waals surface area contributed by atoms with Gasteiger partial charge in [0.25, 0.3) is 0 Å². The number of rotatable bonds is 7. The van der Waals surface area contributed by atoms with Crippen molar-refractivity contribution in [3.8, 4) is 0 Å². The van der Waals surface area contributed by atoms with E-state index in [4.69, 9.17) is 4.74 Å². The number of esters is 1. The number of benzene rings is 1. The summed E-state index contributed by atoms with van der Waals surface area (Å²) in [5.74, 6) is 0.581. The quantitative estimate of drug-likeness (QED) is 0.261. The molecule has 0 unspecified atom stereocenters. The van der Waals surface area contributed by atoms with E-state index in [1.165, 1.54) is 0 Å². The van der Waals surface area contributed by atoms with Crippen LogP contribution >= 0.6 is 24.0 Å².